The second kappa shape index (κ2) is 8.04. The summed E-state index contributed by atoms with van der Waals surface area (Å²) in [6.07, 6.45) is 2.22. The quantitative estimate of drug-likeness (QED) is 0.633. The standard InChI is InChI=1S/C13H30N2O/c1-6-12(3)10-15(5)9-8-13(4,11-16)14-7-2/h12,14,16H,6-11H2,1-5H3. The van der Waals surface area contributed by atoms with E-state index >= 15 is 0 Å². The Morgan fingerprint density at radius 1 is 1.38 bits per heavy atom. The van der Waals surface area contributed by atoms with Crippen molar-refractivity contribution in [1.29, 1.82) is 0 Å². The van der Waals surface area contributed by atoms with Crippen molar-refractivity contribution < 1.29 is 5.11 Å². The molecular weight excluding hydrogens is 200 g/mol. The van der Waals surface area contributed by atoms with Gasteiger partial charge in [0.15, 0.2) is 0 Å². The second-order valence-corrected chi connectivity index (χ2v) is 5.27. The molecule has 0 aromatic heterocycles. The van der Waals surface area contributed by atoms with E-state index in [4.69, 9.17) is 0 Å². The maximum absolute atomic E-state index is 9.38. The summed E-state index contributed by atoms with van der Waals surface area (Å²) < 4.78 is 0. The summed E-state index contributed by atoms with van der Waals surface area (Å²) in [5.74, 6) is 0.754. The van der Waals surface area contributed by atoms with E-state index in [0.29, 0.717) is 0 Å². The molecule has 0 aliphatic carbocycles. The Kier molecular flexibility index (Phi) is 7.98. The molecule has 0 fully saturated rings. The van der Waals surface area contributed by atoms with E-state index in [1.54, 1.807) is 0 Å². The molecule has 0 bridgehead atoms. The largest absolute Gasteiger partial charge is 0.394 e. The van der Waals surface area contributed by atoms with Crippen LogP contribution in [0, 0.1) is 5.92 Å². The Balaban J connectivity index is 3.91. The van der Waals surface area contributed by atoms with Crippen LogP contribution in [-0.4, -0.2) is 48.8 Å². The van der Waals surface area contributed by atoms with Crippen molar-refractivity contribution in [2.24, 2.45) is 5.92 Å². The lowest BCUT2D eigenvalue weighted by Gasteiger charge is -2.31. The van der Waals surface area contributed by atoms with Crippen LogP contribution in [0.1, 0.15) is 40.5 Å². The normalized spacial score (nSPS) is 17.4. The Morgan fingerprint density at radius 2 is 2.00 bits per heavy atom. The molecule has 2 atom stereocenters. The third kappa shape index (κ3) is 6.46. The highest BCUT2D eigenvalue weighted by Gasteiger charge is 2.22. The molecule has 0 radical (unpaired) electrons. The van der Waals surface area contributed by atoms with Gasteiger partial charge in [0.2, 0.25) is 0 Å². The van der Waals surface area contributed by atoms with Gasteiger partial charge < -0.3 is 15.3 Å². The molecule has 0 aromatic carbocycles. The fourth-order valence-electron chi connectivity index (χ4n) is 1.84. The summed E-state index contributed by atoms with van der Waals surface area (Å²) in [6, 6.07) is 0. The minimum Gasteiger partial charge on any atom is -0.394 e. The van der Waals surface area contributed by atoms with E-state index in [1.807, 2.05) is 0 Å². The highest BCUT2D eigenvalue weighted by Crippen LogP contribution is 2.10. The SMILES string of the molecule is CCNC(C)(CO)CCN(C)CC(C)CC. The summed E-state index contributed by atoms with van der Waals surface area (Å²) in [7, 11) is 2.16. The predicted octanol–water partition coefficient (Wildman–Crippen LogP) is 1.71. The average Bonchev–Trinajstić information content (AvgIpc) is 2.26. The first-order valence-electron chi connectivity index (χ1n) is 6.51. The topological polar surface area (TPSA) is 35.5 Å². The predicted molar refractivity (Wildman–Crippen MR) is 70.7 cm³/mol. The molecule has 0 saturated heterocycles. The van der Waals surface area contributed by atoms with Crippen molar-refractivity contribution in [3.05, 3.63) is 0 Å². The first-order chi connectivity index (χ1) is 7.47. The van der Waals surface area contributed by atoms with E-state index < -0.39 is 0 Å². The molecular formula is C13H30N2O. The van der Waals surface area contributed by atoms with Crippen molar-refractivity contribution in [3.63, 3.8) is 0 Å². The average molecular weight is 230 g/mol. The van der Waals surface area contributed by atoms with Gasteiger partial charge in [-0.1, -0.05) is 27.2 Å². The molecule has 2 N–H and O–H groups in total. The molecule has 2 unspecified atom stereocenters. The summed E-state index contributed by atoms with van der Waals surface area (Å²) >= 11 is 0. The molecule has 0 rings (SSSR count). The van der Waals surface area contributed by atoms with Gasteiger partial charge in [0.1, 0.15) is 0 Å². The number of nitrogens with one attached hydrogen (secondary N) is 1. The van der Waals surface area contributed by atoms with Crippen LogP contribution in [0.5, 0.6) is 0 Å². The van der Waals surface area contributed by atoms with E-state index in [-0.39, 0.29) is 12.1 Å². The van der Waals surface area contributed by atoms with E-state index in [2.05, 4.69) is 45.0 Å². The first kappa shape index (κ1) is 15.9. The van der Waals surface area contributed by atoms with Crippen LogP contribution in [0.15, 0.2) is 0 Å². The minimum atomic E-state index is -0.127. The van der Waals surface area contributed by atoms with Gasteiger partial charge in [-0.25, -0.2) is 0 Å². The van der Waals surface area contributed by atoms with Crippen LogP contribution < -0.4 is 5.32 Å². The van der Waals surface area contributed by atoms with E-state index in [9.17, 15) is 5.11 Å². The van der Waals surface area contributed by atoms with Crippen LogP contribution in [0.25, 0.3) is 0 Å². The fraction of sp³-hybridized carbons (Fsp3) is 1.00. The molecule has 0 heterocycles. The molecule has 0 amide bonds. The summed E-state index contributed by atoms with van der Waals surface area (Å²) in [5.41, 5.74) is -0.127. The van der Waals surface area contributed by atoms with Gasteiger partial charge in [0.25, 0.3) is 0 Å². The van der Waals surface area contributed by atoms with Crippen molar-refractivity contribution >= 4 is 0 Å². The number of aliphatic hydroxyl groups is 1. The number of hydrogen-bond acceptors (Lipinski definition) is 3. The van der Waals surface area contributed by atoms with Gasteiger partial charge in [-0.2, -0.15) is 0 Å². The van der Waals surface area contributed by atoms with Gasteiger partial charge in [-0.05, 0) is 39.4 Å². The molecule has 0 spiro atoms. The molecule has 0 aliphatic rings. The number of likely N-dealkylation sites (N-methyl/N-ethyl adjacent to an activating group) is 1. The molecule has 3 heteroatoms. The second-order valence-electron chi connectivity index (χ2n) is 5.27. The summed E-state index contributed by atoms with van der Waals surface area (Å²) in [6.45, 7) is 12.0. The highest BCUT2D eigenvalue weighted by molar-refractivity contribution is 4.82. The van der Waals surface area contributed by atoms with Gasteiger partial charge in [-0.15, -0.1) is 0 Å². The Bertz CT molecular complexity index is 175. The third-order valence-electron chi connectivity index (χ3n) is 3.32. The maximum atomic E-state index is 9.38. The molecule has 0 aliphatic heterocycles. The van der Waals surface area contributed by atoms with Crippen LogP contribution in [0.2, 0.25) is 0 Å². The molecule has 0 aromatic rings. The molecule has 0 saturated carbocycles. The van der Waals surface area contributed by atoms with Crippen molar-refractivity contribution in [2.75, 3.05) is 33.3 Å². The Hall–Kier alpha value is -0.120. The first-order valence-corrected chi connectivity index (χ1v) is 6.51. The molecule has 3 nitrogen and oxygen atoms in total. The summed E-state index contributed by atoms with van der Waals surface area (Å²) in [5, 5.41) is 12.7. The van der Waals surface area contributed by atoms with Crippen LogP contribution in [0.4, 0.5) is 0 Å². The summed E-state index contributed by atoms with van der Waals surface area (Å²) in [4.78, 5) is 2.36. The number of hydrogen-bond donors (Lipinski definition) is 2. The zero-order chi connectivity index (χ0) is 12.6. The van der Waals surface area contributed by atoms with Crippen LogP contribution in [0.3, 0.4) is 0 Å². The molecule has 98 valence electrons. The van der Waals surface area contributed by atoms with Crippen LogP contribution >= 0.6 is 0 Å². The lowest BCUT2D eigenvalue weighted by atomic mass is 9.98. The highest BCUT2D eigenvalue weighted by atomic mass is 16.3. The fourth-order valence-corrected chi connectivity index (χ4v) is 1.84. The van der Waals surface area contributed by atoms with Gasteiger partial charge >= 0.3 is 0 Å². The van der Waals surface area contributed by atoms with Gasteiger partial charge in [-0.3, -0.25) is 0 Å². The van der Waals surface area contributed by atoms with E-state index in [0.717, 1.165) is 32.0 Å². The van der Waals surface area contributed by atoms with E-state index in [1.165, 1.54) is 6.42 Å². The minimum absolute atomic E-state index is 0.127. The smallest absolute Gasteiger partial charge is 0.0611 e. The number of rotatable bonds is 9. The van der Waals surface area contributed by atoms with Crippen LogP contribution in [-0.2, 0) is 0 Å². The Morgan fingerprint density at radius 3 is 2.44 bits per heavy atom. The third-order valence-corrected chi connectivity index (χ3v) is 3.32. The van der Waals surface area contributed by atoms with Gasteiger partial charge in [0, 0.05) is 12.1 Å². The number of aliphatic hydroxyl groups excluding tert-OH is 1. The zero-order valence-corrected chi connectivity index (χ0v) is 11.7. The zero-order valence-electron chi connectivity index (χ0n) is 11.7. The van der Waals surface area contributed by atoms with Gasteiger partial charge in [0.05, 0.1) is 6.61 Å². The van der Waals surface area contributed by atoms with Crippen molar-refractivity contribution in [1.82, 2.24) is 10.2 Å². The lowest BCUT2D eigenvalue weighted by Crippen LogP contribution is -2.47. The number of nitrogens with zero attached hydrogens (tertiary/aromatic N) is 1. The molecule has 16 heavy (non-hydrogen) atoms. The maximum Gasteiger partial charge on any atom is 0.0611 e. The lowest BCUT2D eigenvalue weighted by molar-refractivity contribution is 0.149. The van der Waals surface area contributed by atoms with Crippen molar-refractivity contribution in [2.45, 2.75) is 46.1 Å². The van der Waals surface area contributed by atoms with Crippen molar-refractivity contribution in [3.8, 4) is 0 Å². The monoisotopic (exact) mass is 230 g/mol. The Labute approximate surface area is 101 Å².